The summed E-state index contributed by atoms with van der Waals surface area (Å²) in [5.41, 5.74) is 0. The fourth-order valence-corrected chi connectivity index (χ4v) is 0.508. The number of hydrogen-bond donors (Lipinski definition) is 0. The molecule has 10 heavy (non-hydrogen) atoms. The Kier molecular flexibility index (Phi) is 7.26. The molecule has 4 nitrogen and oxygen atoms in total. The third-order valence-electron chi connectivity index (χ3n) is 0.906. The van der Waals surface area contributed by atoms with Crippen molar-refractivity contribution in [3.63, 3.8) is 0 Å². The number of likely N-dealkylation sites (N-methyl/N-ethyl adjacent to an activating group) is 1. The average molecular weight is 168 g/mol. The summed E-state index contributed by atoms with van der Waals surface area (Å²) in [5, 5.41) is 0. The van der Waals surface area contributed by atoms with Gasteiger partial charge in [0.15, 0.2) is 0 Å². The van der Waals surface area contributed by atoms with Crippen LogP contribution in [0.25, 0.3) is 0 Å². The number of rotatable bonds is 4. The first-order valence-electron chi connectivity index (χ1n) is 2.81. The molecule has 0 bridgehead atoms. The lowest BCUT2D eigenvalue weighted by atomic mass is 10.5. The molecule has 0 amide bonds. The largest absolute Gasteiger partial charge is 0.412 e. The third-order valence-corrected chi connectivity index (χ3v) is 1.19. The molecule has 0 spiro atoms. The van der Waals surface area contributed by atoms with Crippen LogP contribution in [0.5, 0.6) is 0 Å². The van der Waals surface area contributed by atoms with E-state index in [0.29, 0.717) is 6.61 Å². The predicted octanol–water partition coefficient (Wildman–Crippen LogP) is 0.0912. The summed E-state index contributed by atoms with van der Waals surface area (Å²) in [5.74, 6) is 0. The monoisotopic (exact) mass is 168 g/mol. The molecule has 0 saturated heterocycles. The van der Waals surface area contributed by atoms with Crippen LogP contribution in [0.3, 0.4) is 0 Å². The average Bonchev–Trinajstić information content (AvgIpc) is 1.63. The highest BCUT2D eigenvalue weighted by Gasteiger charge is 2.04. The van der Waals surface area contributed by atoms with Gasteiger partial charge in [-0.1, -0.05) is 0 Å². The molecule has 0 radical (unpaired) electrons. The van der Waals surface area contributed by atoms with Crippen molar-refractivity contribution in [2.24, 2.45) is 0 Å². The van der Waals surface area contributed by atoms with Crippen molar-refractivity contribution < 1.29 is 19.0 Å². The van der Waals surface area contributed by atoms with Crippen molar-refractivity contribution in [2.75, 3.05) is 34.3 Å². The van der Waals surface area contributed by atoms with E-state index in [4.69, 9.17) is 0 Å². The van der Waals surface area contributed by atoms with Crippen molar-refractivity contribution in [1.29, 1.82) is 0 Å². The van der Waals surface area contributed by atoms with Crippen LogP contribution in [-0.4, -0.2) is 44.3 Å². The Morgan fingerprint density at radius 1 is 1.40 bits per heavy atom. The van der Waals surface area contributed by atoms with Gasteiger partial charge in [0.2, 0.25) is 0 Å². The minimum atomic E-state index is -0.217. The van der Waals surface area contributed by atoms with Crippen LogP contribution >= 0.6 is 8.69 Å². The summed E-state index contributed by atoms with van der Waals surface area (Å²) in [6.45, 7) is 1.43. The Bertz CT molecular complexity index is 91.4. The normalized spacial score (nSPS) is 11.1. The van der Waals surface area contributed by atoms with Crippen LogP contribution in [0.1, 0.15) is 0 Å². The van der Waals surface area contributed by atoms with E-state index in [2.05, 4.69) is 25.7 Å². The minimum Gasteiger partial charge on any atom is -0.412 e. The molecule has 0 aromatic carbocycles. The Morgan fingerprint density at radius 3 is 2.20 bits per heavy atom. The van der Waals surface area contributed by atoms with E-state index in [-0.39, 0.29) is 14.2 Å². The molecule has 5 heteroatoms. The van der Waals surface area contributed by atoms with E-state index in [1.807, 2.05) is 0 Å². The lowest BCUT2D eigenvalue weighted by Crippen LogP contribution is -2.37. The standard InChI is InChI=1S/C5H13NO2P.H2O/c1-6(2,3)4-5-8-9-7;/h4-5H2,1-3H3;1H2/q+1;. The lowest BCUT2D eigenvalue weighted by Gasteiger charge is -2.22. The highest BCUT2D eigenvalue weighted by atomic mass is 31.1. The maximum Gasteiger partial charge on any atom is 0.327 e. The quantitative estimate of drug-likeness (QED) is 0.339. The van der Waals surface area contributed by atoms with Crippen molar-refractivity contribution in [3.8, 4) is 0 Å². The molecule has 0 aliphatic heterocycles. The molecule has 0 rings (SSSR count). The van der Waals surface area contributed by atoms with Gasteiger partial charge in [0.05, 0.1) is 21.1 Å². The minimum absolute atomic E-state index is 0. The van der Waals surface area contributed by atoms with Crippen LogP contribution in [-0.2, 0) is 9.09 Å². The summed E-state index contributed by atoms with van der Waals surface area (Å²) in [4.78, 5) is 0. The predicted molar refractivity (Wildman–Crippen MR) is 40.1 cm³/mol. The van der Waals surface area contributed by atoms with Gasteiger partial charge >= 0.3 is 8.69 Å². The summed E-state index contributed by atoms with van der Waals surface area (Å²) >= 11 is 0. The zero-order valence-electron chi connectivity index (χ0n) is 6.63. The van der Waals surface area contributed by atoms with E-state index in [9.17, 15) is 4.57 Å². The number of hydrogen-bond acceptors (Lipinski definition) is 2. The molecule has 0 unspecified atom stereocenters. The van der Waals surface area contributed by atoms with Gasteiger partial charge in [0, 0.05) is 0 Å². The van der Waals surface area contributed by atoms with Gasteiger partial charge in [-0.3, -0.25) is 4.52 Å². The third kappa shape index (κ3) is 10.9. The maximum absolute atomic E-state index is 9.76. The zero-order chi connectivity index (χ0) is 7.33. The Morgan fingerprint density at radius 2 is 1.90 bits per heavy atom. The summed E-state index contributed by atoms with van der Waals surface area (Å²) < 4.78 is 15.2. The molecule has 0 aliphatic rings. The first-order valence-corrected chi connectivity index (χ1v) is 3.54. The van der Waals surface area contributed by atoms with Crippen molar-refractivity contribution in [3.05, 3.63) is 0 Å². The molecule has 0 saturated carbocycles. The van der Waals surface area contributed by atoms with Crippen molar-refractivity contribution in [2.45, 2.75) is 0 Å². The van der Waals surface area contributed by atoms with Crippen LogP contribution in [0.2, 0.25) is 0 Å². The smallest absolute Gasteiger partial charge is 0.327 e. The molecular formula is C5H15NO3P+. The van der Waals surface area contributed by atoms with Gasteiger partial charge in [-0.2, -0.15) is 0 Å². The van der Waals surface area contributed by atoms with E-state index in [0.717, 1.165) is 11.0 Å². The van der Waals surface area contributed by atoms with Gasteiger partial charge in [-0.25, -0.2) is 4.57 Å². The molecule has 0 fully saturated rings. The fraction of sp³-hybridized carbons (Fsp3) is 1.00. The second-order valence-electron chi connectivity index (χ2n) is 2.92. The lowest BCUT2D eigenvalue weighted by molar-refractivity contribution is -0.870. The second-order valence-corrected chi connectivity index (χ2v) is 3.33. The first kappa shape index (κ1) is 12.6. The van der Waals surface area contributed by atoms with E-state index in [1.54, 1.807) is 0 Å². The highest BCUT2D eigenvalue weighted by Crippen LogP contribution is 1.96. The molecule has 0 aliphatic carbocycles. The summed E-state index contributed by atoms with van der Waals surface area (Å²) in [7, 11) is 5.96. The SMILES string of the molecule is C[N+](C)(C)CCOP=O.O. The van der Waals surface area contributed by atoms with Gasteiger partial charge < -0.3 is 9.96 Å². The van der Waals surface area contributed by atoms with E-state index in [1.165, 1.54) is 0 Å². The van der Waals surface area contributed by atoms with Gasteiger partial charge in [-0.05, 0) is 0 Å². The summed E-state index contributed by atoms with van der Waals surface area (Å²) in [6.07, 6.45) is 0. The zero-order valence-corrected chi connectivity index (χ0v) is 7.52. The Balaban J connectivity index is 0. The number of quaternary nitrogens is 1. The van der Waals surface area contributed by atoms with Gasteiger partial charge in [0.25, 0.3) is 0 Å². The van der Waals surface area contributed by atoms with Crippen LogP contribution in [0.15, 0.2) is 0 Å². The van der Waals surface area contributed by atoms with Crippen LogP contribution in [0, 0.1) is 0 Å². The first-order chi connectivity index (χ1) is 4.06. The molecule has 62 valence electrons. The molecular weight excluding hydrogens is 153 g/mol. The Labute approximate surface area is 63.0 Å². The molecule has 0 heterocycles. The van der Waals surface area contributed by atoms with E-state index >= 15 is 0 Å². The Hall–Kier alpha value is -0.0200. The van der Waals surface area contributed by atoms with Crippen molar-refractivity contribution >= 4 is 8.69 Å². The van der Waals surface area contributed by atoms with Crippen LogP contribution in [0.4, 0.5) is 0 Å². The molecule has 0 aromatic rings. The molecule has 2 N–H and O–H groups in total. The van der Waals surface area contributed by atoms with E-state index < -0.39 is 0 Å². The van der Waals surface area contributed by atoms with Gasteiger partial charge in [0.1, 0.15) is 13.2 Å². The summed E-state index contributed by atoms with van der Waals surface area (Å²) in [6, 6.07) is 0. The topological polar surface area (TPSA) is 57.8 Å². The molecule has 0 atom stereocenters. The van der Waals surface area contributed by atoms with Crippen LogP contribution < -0.4 is 0 Å². The molecule has 0 aromatic heterocycles. The number of nitrogens with zero attached hydrogens (tertiary/aromatic N) is 1. The maximum atomic E-state index is 9.76. The second kappa shape index (κ2) is 5.74. The highest BCUT2D eigenvalue weighted by molar-refractivity contribution is 7.17. The van der Waals surface area contributed by atoms with Gasteiger partial charge in [-0.15, -0.1) is 0 Å². The van der Waals surface area contributed by atoms with Crippen molar-refractivity contribution in [1.82, 2.24) is 0 Å². The fourth-order valence-electron chi connectivity index (χ4n) is 0.352.